The van der Waals surface area contributed by atoms with E-state index in [1.54, 1.807) is 59.8 Å². The maximum atomic E-state index is 13.9. The van der Waals surface area contributed by atoms with Crippen molar-refractivity contribution in [2.24, 2.45) is 34.5 Å². The maximum absolute atomic E-state index is 13.9. The second kappa shape index (κ2) is 11.1. The molecule has 1 aliphatic heterocycles. The summed E-state index contributed by atoms with van der Waals surface area (Å²) in [6.45, 7) is 5.80. The van der Waals surface area contributed by atoms with Crippen molar-refractivity contribution < 1.29 is 47.9 Å². The molecule has 0 amide bonds. The van der Waals surface area contributed by atoms with E-state index >= 15 is 0 Å². The van der Waals surface area contributed by atoms with Gasteiger partial charge in [0.2, 0.25) is 0 Å². The Balaban J connectivity index is 1.46. The van der Waals surface area contributed by atoms with Gasteiger partial charge >= 0.3 is 11.9 Å². The number of piperidine rings is 1. The SMILES string of the molecule is CCN1C[C@]2(COC)CC[C@H](OC)C34C5C[C@@]6(O)[C@@H](OC)C[C@](OC(C)=O)(C(C13)[C@H](OC)C42)C5[C@@H]6OC(=O)c1ccc(OC)cc1. The van der Waals surface area contributed by atoms with Crippen LogP contribution in [-0.2, 0) is 33.2 Å². The van der Waals surface area contributed by atoms with Gasteiger partial charge in [0.05, 0.1) is 37.6 Å². The van der Waals surface area contributed by atoms with Crippen molar-refractivity contribution in [2.45, 2.75) is 81.2 Å². The molecule has 1 saturated heterocycles. The molecule has 11 nitrogen and oxygen atoms in total. The Hall–Kier alpha value is -2.28. The molecule has 1 heterocycles. The lowest BCUT2D eigenvalue weighted by molar-refractivity contribution is -0.287. The largest absolute Gasteiger partial charge is 0.497 e. The molecule has 5 saturated carbocycles. The van der Waals surface area contributed by atoms with Crippen molar-refractivity contribution in [1.29, 1.82) is 0 Å². The average molecular weight is 644 g/mol. The van der Waals surface area contributed by atoms with Crippen LogP contribution in [0.2, 0.25) is 0 Å². The Morgan fingerprint density at radius 1 is 0.978 bits per heavy atom. The molecule has 6 fully saturated rings. The van der Waals surface area contributed by atoms with Crippen LogP contribution in [0.3, 0.4) is 0 Å². The van der Waals surface area contributed by atoms with E-state index in [1.165, 1.54) is 6.92 Å². The average Bonchev–Trinajstić information content (AvgIpc) is 3.42. The van der Waals surface area contributed by atoms with Crippen molar-refractivity contribution >= 4 is 11.9 Å². The Morgan fingerprint density at radius 3 is 2.28 bits per heavy atom. The van der Waals surface area contributed by atoms with Crippen molar-refractivity contribution in [1.82, 2.24) is 4.90 Å². The Kier molecular flexibility index (Phi) is 7.81. The summed E-state index contributed by atoms with van der Waals surface area (Å²) >= 11 is 0. The summed E-state index contributed by atoms with van der Waals surface area (Å²) in [7, 11) is 8.44. The van der Waals surface area contributed by atoms with Crippen LogP contribution in [0.25, 0.3) is 0 Å². The fourth-order valence-electron chi connectivity index (χ4n) is 12.4. The van der Waals surface area contributed by atoms with Crippen molar-refractivity contribution in [3.63, 3.8) is 0 Å². The van der Waals surface area contributed by atoms with Gasteiger partial charge in [-0.25, -0.2) is 4.79 Å². The fourth-order valence-corrected chi connectivity index (χ4v) is 12.4. The monoisotopic (exact) mass is 643 g/mol. The zero-order valence-electron chi connectivity index (χ0n) is 28.0. The smallest absolute Gasteiger partial charge is 0.338 e. The summed E-state index contributed by atoms with van der Waals surface area (Å²) in [4.78, 5) is 29.7. The summed E-state index contributed by atoms with van der Waals surface area (Å²) < 4.78 is 43.6. The molecular weight excluding hydrogens is 594 g/mol. The minimum Gasteiger partial charge on any atom is -0.497 e. The Bertz CT molecular complexity index is 1360. The number of rotatable bonds is 10. The van der Waals surface area contributed by atoms with Crippen LogP contribution >= 0.6 is 0 Å². The molecule has 0 aromatic heterocycles. The number of carbonyl (C=O) groups is 2. The van der Waals surface area contributed by atoms with Crippen molar-refractivity contribution in [3.8, 4) is 5.75 Å². The van der Waals surface area contributed by atoms with Crippen LogP contribution in [0.5, 0.6) is 5.75 Å². The molecule has 1 N–H and O–H groups in total. The predicted octanol–water partition coefficient (Wildman–Crippen LogP) is 2.72. The van der Waals surface area contributed by atoms with Crippen molar-refractivity contribution in [3.05, 3.63) is 29.8 Å². The summed E-state index contributed by atoms with van der Waals surface area (Å²) in [6.07, 6.45) is 0.142. The molecule has 13 atom stereocenters. The topological polar surface area (TPSA) is 122 Å². The van der Waals surface area contributed by atoms with Crippen LogP contribution in [0.4, 0.5) is 0 Å². The number of hydrogen-bond donors (Lipinski definition) is 1. The second-order valence-corrected chi connectivity index (χ2v) is 14.6. The highest BCUT2D eigenvalue weighted by Gasteiger charge is 2.89. The Morgan fingerprint density at radius 2 is 1.70 bits per heavy atom. The number of ether oxygens (including phenoxy) is 7. The van der Waals surface area contributed by atoms with Gasteiger partial charge in [0.25, 0.3) is 0 Å². The molecule has 1 aromatic carbocycles. The summed E-state index contributed by atoms with van der Waals surface area (Å²) in [6, 6.07) is 6.66. The molecule has 7 bridgehead atoms. The highest BCUT2D eigenvalue weighted by Crippen LogP contribution is 2.80. The number of methoxy groups -OCH3 is 5. The minimum absolute atomic E-state index is 0.00534. The number of hydrogen-bond acceptors (Lipinski definition) is 11. The van der Waals surface area contributed by atoms with E-state index in [4.69, 9.17) is 33.2 Å². The van der Waals surface area contributed by atoms with Gasteiger partial charge in [-0.05, 0) is 56.0 Å². The zero-order valence-corrected chi connectivity index (χ0v) is 28.0. The molecule has 5 aliphatic carbocycles. The lowest BCUT2D eigenvalue weighted by Crippen LogP contribution is -2.77. The van der Waals surface area contributed by atoms with Gasteiger partial charge in [-0.15, -0.1) is 0 Å². The number of nitrogens with zero attached hydrogens (tertiary/aromatic N) is 1. The number of esters is 2. The summed E-state index contributed by atoms with van der Waals surface area (Å²) in [5, 5.41) is 12.8. The standard InChI is InChI=1S/C35H49NO10/c1-8-36-17-32(18-40-3)14-13-23(42-5)35-22-15-33(39)24(43-6)16-34(46-19(2)37,26(29(35)36)27(44-7)28(32)35)25(22)30(33)45-31(38)20-9-11-21(41-4)12-10-20/h9-12,22-30,39H,8,13-18H2,1-7H3/t22?,23-,24-,25?,26?,27-,28?,29?,30-,32-,33+,34+,35?/m0/s1. The van der Waals surface area contributed by atoms with Gasteiger partial charge in [-0.1, -0.05) is 6.92 Å². The molecule has 254 valence electrons. The van der Waals surface area contributed by atoms with E-state index in [0.29, 0.717) is 24.3 Å². The highest BCUT2D eigenvalue weighted by molar-refractivity contribution is 5.89. The van der Waals surface area contributed by atoms with Crippen LogP contribution < -0.4 is 4.74 Å². The number of likely N-dealkylation sites (tertiary alicyclic amines) is 1. The molecule has 1 spiro atoms. The number of benzene rings is 1. The number of aliphatic hydroxyl groups is 1. The molecular formula is C35H49NO10. The zero-order chi connectivity index (χ0) is 32.8. The van der Waals surface area contributed by atoms with E-state index in [0.717, 1.165) is 25.9 Å². The normalized spacial score (nSPS) is 46.6. The first-order chi connectivity index (χ1) is 22.1. The molecule has 11 heteroatoms. The quantitative estimate of drug-likeness (QED) is 0.379. The van der Waals surface area contributed by atoms with Gasteiger partial charge in [-0.3, -0.25) is 9.69 Å². The predicted molar refractivity (Wildman–Crippen MR) is 164 cm³/mol. The number of carbonyl (C=O) groups excluding carboxylic acids is 2. The number of fused-ring (bicyclic) bond motifs is 2. The summed E-state index contributed by atoms with van der Waals surface area (Å²) in [5.41, 5.74) is -3.03. The summed E-state index contributed by atoms with van der Waals surface area (Å²) in [5.74, 6) is -1.38. The van der Waals surface area contributed by atoms with Crippen LogP contribution in [0.1, 0.15) is 49.9 Å². The maximum Gasteiger partial charge on any atom is 0.338 e. The first-order valence-electron chi connectivity index (χ1n) is 16.6. The van der Waals surface area contributed by atoms with Gasteiger partial charge in [0, 0.05) is 83.0 Å². The van der Waals surface area contributed by atoms with E-state index in [1.807, 2.05) is 0 Å². The molecule has 6 unspecified atom stereocenters. The van der Waals surface area contributed by atoms with Gasteiger partial charge < -0.3 is 38.3 Å². The fraction of sp³-hybridized carbons (Fsp3) is 0.771. The van der Waals surface area contributed by atoms with E-state index in [2.05, 4.69) is 11.8 Å². The first-order valence-corrected chi connectivity index (χ1v) is 16.6. The second-order valence-electron chi connectivity index (χ2n) is 14.6. The minimum atomic E-state index is -1.51. The van der Waals surface area contributed by atoms with E-state index in [9.17, 15) is 14.7 Å². The van der Waals surface area contributed by atoms with E-state index < -0.39 is 46.7 Å². The van der Waals surface area contributed by atoms with Crippen LogP contribution in [-0.4, -0.2) is 119 Å². The third-order valence-corrected chi connectivity index (χ3v) is 13.3. The molecule has 6 aliphatic rings. The Labute approximate surface area is 271 Å². The van der Waals surface area contributed by atoms with E-state index in [-0.39, 0.29) is 47.8 Å². The van der Waals surface area contributed by atoms with Gasteiger partial charge in [0.15, 0.2) is 0 Å². The van der Waals surface area contributed by atoms with Crippen LogP contribution in [0.15, 0.2) is 24.3 Å². The highest BCUT2D eigenvalue weighted by atomic mass is 16.6. The van der Waals surface area contributed by atoms with Gasteiger partial charge in [-0.2, -0.15) is 0 Å². The van der Waals surface area contributed by atoms with Gasteiger partial charge in [0.1, 0.15) is 23.1 Å². The van der Waals surface area contributed by atoms with Crippen molar-refractivity contribution in [2.75, 3.05) is 55.2 Å². The third-order valence-electron chi connectivity index (χ3n) is 13.3. The lowest BCUT2D eigenvalue weighted by Gasteiger charge is -2.69. The van der Waals surface area contributed by atoms with Crippen LogP contribution in [0, 0.1) is 34.5 Å². The molecule has 0 radical (unpaired) electrons. The molecule has 46 heavy (non-hydrogen) atoms. The third kappa shape index (κ3) is 3.87. The molecule has 7 rings (SSSR count). The molecule has 1 aromatic rings. The first kappa shape index (κ1) is 32.3. The lowest BCUT2D eigenvalue weighted by atomic mass is 9.43.